The molecule has 0 amide bonds. The van der Waals surface area contributed by atoms with Crippen molar-refractivity contribution in [3.8, 4) is 17.6 Å². The van der Waals surface area contributed by atoms with Gasteiger partial charge < -0.3 is 9.47 Å². The third-order valence-electron chi connectivity index (χ3n) is 2.93. The maximum Gasteiger partial charge on any atom is 0.137 e. The minimum Gasteiger partial charge on any atom is -0.495 e. The summed E-state index contributed by atoms with van der Waals surface area (Å²) in [6.07, 6.45) is 0. The molecule has 0 aliphatic carbocycles. The lowest BCUT2D eigenvalue weighted by molar-refractivity contribution is 0.303. The summed E-state index contributed by atoms with van der Waals surface area (Å²) in [5.41, 5.74) is 2.46. The van der Waals surface area contributed by atoms with Crippen molar-refractivity contribution in [2.24, 2.45) is 0 Å². The van der Waals surface area contributed by atoms with Crippen molar-refractivity contribution < 1.29 is 9.47 Å². The lowest BCUT2D eigenvalue weighted by Crippen LogP contribution is -1.98. The predicted molar refractivity (Wildman–Crippen MR) is 78.2 cm³/mol. The second kappa shape index (κ2) is 6.31. The topological polar surface area (TPSA) is 42.2 Å². The Hall–Kier alpha value is -2.18. The van der Waals surface area contributed by atoms with Gasteiger partial charge in [0.1, 0.15) is 24.2 Å². The van der Waals surface area contributed by atoms with Crippen LogP contribution in [0.15, 0.2) is 36.4 Å². The zero-order chi connectivity index (χ0) is 14.5. The van der Waals surface area contributed by atoms with Gasteiger partial charge in [0, 0.05) is 5.02 Å². The van der Waals surface area contributed by atoms with E-state index in [-0.39, 0.29) is 0 Å². The zero-order valence-electron chi connectivity index (χ0n) is 11.3. The van der Waals surface area contributed by atoms with E-state index in [4.69, 9.17) is 26.3 Å². The summed E-state index contributed by atoms with van der Waals surface area (Å²) in [5, 5.41) is 9.58. The van der Waals surface area contributed by atoms with Crippen LogP contribution >= 0.6 is 11.6 Å². The minimum atomic E-state index is 0.392. The molecule has 0 heterocycles. The van der Waals surface area contributed by atoms with Gasteiger partial charge in [0.15, 0.2) is 0 Å². The average Bonchev–Trinajstić information content (AvgIpc) is 2.47. The van der Waals surface area contributed by atoms with E-state index in [1.807, 2.05) is 25.1 Å². The molecule has 2 aromatic carbocycles. The largest absolute Gasteiger partial charge is 0.495 e. The summed E-state index contributed by atoms with van der Waals surface area (Å²) in [4.78, 5) is 0. The molecule has 4 heteroatoms. The molecule has 0 saturated heterocycles. The molecule has 2 aromatic rings. The van der Waals surface area contributed by atoms with Gasteiger partial charge in [-0.25, -0.2) is 0 Å². The molecule has 0 fully saturated rings. The summed E-state index contributed by atoms with van der Waals surface area (Å²) in [5.74, 6) is 1.30. The predicted octanol–water partition coefficient (Wildman–Crippen LogP) is 4.11. The number of halogens is 1. The minimum absolute atomic E-state index is 0.392. The van der Waals surface area contributed by atoms with Crippen molar-refractivity contribution in [3.05, 3.63) is 58.1 Å². The summed E-state index contributed by atoms with van der Waals surface area (Å²) >= 11 is 5.95. The molecule has 0 N–H and O–H groups in total. The van der Waals surface area contributed by atoms with Crippen molar-refractivity contribution in [1.29, 1.82) is 5.26 Å². The molecule has 0 bridgehead atoms. The first-order valence-electron chi connectivity index (χ1n) is 6.10. The van der Waals surface area contributed by atoms with Crippen molar-refractivity contribution in [3.63, 3.8) is 0 Å². The van der Waals surface area contributed by atoms with Crippen LogP contribution in [-0.2, 0) is 6.61 Å². The Morgan fingerprint density at radius 3 is 2.65 bits per heavy atom. The van der Waals surface area contributed by atoms with Gasteiger partial charge in [0.05, 0.1) is 12.7 Å². The van der Waals surface area contributed by atoms with E-state index in [9.17, 15) is 0 Å². The quantitative estimate of drug-likeness (QED) is 0.850. The Morgan fingerprint density at radius 2 is 1.95 bits per heavy atom. The van der Waals surface area contributed by atoms with Crippen molar-refractivity contribution in [2.45, 2.75) is 13.5 Å². The summed E-state index contributed by atoms with van der Waals surface area (Å²) in [6.45, 7) is 2.36. The average molecular weight is 288 g/mol. The number of nitrogens with zero attached hydrogens (tertiary/aromatic N) is 1. The van der Waals surface area contributed by atoms with Gasteiger partial charge in [0.25, 0.3) is 0 Å². The summed E-state index contributed by atoms with van der Waals surface area (Å²) < 4.78 is 10.9. The number of hydrogen-bond donors (Lipinski definition) is 0. The first kappa shape index (κ1) is 14.2. The second-order valence-corrected chi connectivity index (χ2v) is 4.78. The van der Waals surface area contributed by atoms with Gasteiger partial charge in [-0.3, -0.25) is 0 Å². The van der Waals surface area contributed by atoms with Crippen LogP contribution in [0.1, 0.15) is 16.7 Å². The van der Waals surface area contributed by atoms with Gasteiger partial charge in [-0.2, -0.15) is 5.26 Å². The van der Waals surface area contributed by atoms with E-state index in [2.05, 4.69) is 6.07 Å². The highest BCUT2D eigenvalue weighted by Crippen LogP contribution is 2.25. The van der Waals surface area contributed by atoms with E-state index < -0.39 is 0 Å². The first-order valence-corrected chi connectivity index (χ1v) is 6.48. The lowest BCUT2D eigenvalue weighted by atomic mass is 10.1. The van der Waals surface area contributed by atoms with Crippen LogP contribution in [0.5, 0.6) is 11.5 Å². The molecule has 0 aliphatic heterocycles. The highest BCUT2D eigenvalue weighted by atomic mass is 35.5. The third kappa shape index (κ3) is 3.23. The maximum absolute atomic E-state index is 8.94. The molecular weight excluding hydrogens is 274 g/mol. The molecular formula is C16H14ClNO2. The normalized spacial score (nSPS) is 9.90. The van der Waals surface area contributed by atoms with E-state index in [0.717, 1.165) is 16.9 Å². The van der Waals surface area contributed by atoms with Crippen molar-refractivity contribution >= 4 is 11.6 Å². The van der Waals surface area contributed by atoms with Crippen molar-refractivity contribution in [2.75, 3.05) is 7.11 Å². The number of aryl methyl sites for hydroxylation is 1. The van der Waals surface area contributed by atoms with Crippen LogP contribution in [0.4, 0.5) is 0 Å². The second-order valence-electron chi connectivity index (χ2n) is 4.34. The van der Waals surface area contributed by atoms with E-state index in [1.54, 1.807) is 25.3 Å². The van der Waals surface area contributed by atoms with Crippen LogP contribution in [0.2, 0.25) is 5.02 Å². The number of rotatable bonds is 4. The lowest BCUT2D eigenvalue weighted by Gasteiger charge is -2.11. The van der Waals surface area contributed by atoms with Crippen LogP contribution in [-0.4, -0.2) is 7.11 Å². The van der Waals surface area contributed by atoms with Gasteiger partial charge in [0.2, 0.25) is 0 Å². The number of ether oxygens (including phenoxy) is 2. The van der Waals surface area contributed by atoms with Gasteiger partial charge in [-0.05, 0) is 42.3 Å². The molecule has 2 rings (SSSR count). The number of methoxy groups -OCH3 is 1. The monoisotopic (exact) mass is 287 g/mol. The van der Waals surface area contributed by atoms with E-state index in [1.165, 1.54) is 0 Å². The number of benzene rings is 2. The molecule has 3 nitrogen and oxygen atoms in total. The smallest absolute Gasteiger partial charge is 0.137 e. The highest BCUT2D eigenvalue weighted by molar-refractivity contribution is 6.30. The fourth-order valence-corrected chi connectivity index (χ4v) is 1.97. The summed E-state index contributed by atoms with van der Waals surface area (Å²) in [7, 11) is 1.54. The van der Waals surface area contributed by atoms with Crippen LogP contribution in [0.3, 0.4) is 0 Å². The van der Waals surface area contributed by atoms with E-state index >= 15 is 0 Å². The first-order chi connectivity index (χ1) is 9.63. The molecule has 0 spiro atoms. The highest BCUT2D eigenvalue weighted by Gasteiger charge is 2.05. The standard InChI is InChI=1S/C16H14ClNO2/c1-11-3-6-14(17)8-15(11)20-10-12-4-5-13(9-18)16(7-12)19-2/h3-8H,10H2,1-2H3. The van der Waals surface area contributed by atoms with Crippen LogP contribution in [0, 0.1) is 18.3 Å². The van der Waals surface area contributed by atoms with E-state index in [0.29, 0.717) is 22.9 Å². The Balaban J connectivity index is 2.15. The number of nitriles is 1. The molecule has 0 atom stereocenters. The fraction of sp³-hybridized carbons (Fsp3) is 0.188. The maximum atomic E-state index is 8.94. The van der Waals surface area contributed by atoms with Gasteiger partial charge in [-0.1, -0.05) is 23.7 Å². The Morgan fingerprint density at radius 1 is 1.15 bits per heavy atom. The fourth-order valence-electron chi connectivity index (χ4n) is 1.81. The summed E-state index contributed by atoms with van der Waals surface area (Å²) in [6, 6.07) is 13.0. The van der Waals surface area contributed by atoms with Crippen LogP contribution < -0.4 is 9.47 Å². The molecule has 20 heavy (non-hydrogen) atoms. The Kier molecular flexibility index (Phi) is 4.49. The molecule has 0 saturated carbocycles. The van der Waals surface area contributed by atoms with Gasteiger partial charge >= 0.3 is 0 Å². The molecule has 0 aromatic heterocycles. The zero-order valence-corrected chi connectivity index (χ0v) is 12.1. The van der Waals surface area contributed by atoms with Crippen LogP contribution in [0.25, 0.3) is 0 Å². The number of hydrogen-bond acceptors (Lipinski definition) is 3. The molecule has 0 unspecified atom stereocenters. The van der Waals surface area contributed by atoms with Crippen molar-refractivity contribution in [1.82, 2.24) is 0 Å². The SMILES string of the molecule is COc1cc(COc2cc(Cl)ccc2C)ccc1C#N. The third-order valence-corrected chi connectivity index (χ3v) is 3.17. The molecule has 0 aliphatic rings. The van der Waals surface area contributed by atoms with Gasteiger partial charge in [-0.15, -0.1) is 0 Å². The molecule has 0 radical (unpaired) electrons. The Labute approximate surface area is 123 Å². The molecule has 102 valence electrons. The Bertz CT molecular complexity index is 662.